The monoisotopic (exact) mass is 255 g/mol. The lowest BCUT2D eigenvalue weighted by molar-refractivity contribution is -0.124. The molecule has 1 amide bonds. The van der Waals surface area contributed by atoms with E-state index in [1.165, 1.54) is 25.9 Å². The van der Waals surface area contributed by atoms with E-state index in [1.807, 2.05) is 20.8 Å². The van der Waals surface area contributed by atoms with Gasteiger partial charge in [-0.3, -0.25) is 4.79 Å². The molecule has 0 radical (unpaired) electrons. The fraction of sp³-hybridized carbons (Fsp3) is 0.929. The first-order valence-electron chi connectivity index (χ1n) is 7.06. The van der Waals surface area contributed by atoms with E-state index in [0.29, 0.717) is 5.92 Å². The van der Waals surface area contributed by atoms with Gasteiger partial charge in [0.25, 0.3) is 0 Å². The van der Waals surface area contributed by atoms with Crippen LogP contribution in [0.4, 0.5) is 0 Å². The first-order valence-corrected chi connectivity index (χ1v) is 7.06. The maximum absolute atomic E-state index is 11.9. The van der Waals surface area contributed by atoms with Gasteiger partial charge in [0.05, 0.1) is 6.04 Å². The Labute approximate surface area is 111 Å². The van der Waals surface area contributed by atoms with Crippen molar-refractivity contribution >= 4 is 5.91 Å². The fourth-order valence-electron chi connectivity index (χ4n) is 2.25. The molecule has 1 unspecified atom stereocenters. The number of nitrogens with two attached hydrogens (primary N) is 1. The minimum absolute atomic E-state index is 0.0317. The number of nitrogens with one attached hydrogen (secondary N) is 1. The number of carbonyl (C=O) groups is 1. The summed E-state index contributed by atoms with van der Waals surface area (Å²) in [6, 6.07) is -0.434. The number of hydrogen-bond donors (Lipinski definition) is 2. The number of rotatable bonds is 5. The van der Waals surface area contributed by atoms with Gasteiger partial charge in [-0.05, 0) is 37.3 Å². The molecule has 1 rings (SSSR count). The molecular formula is C14H29N3O. The molecule has 0 aromatic rings. The lowest BCUT2D eigenvalue weighted by Crippen LogP contribution is -2.49. The van der Waals surface area contributed by atoms with Crippen molar-refractivity contribution in [1.82, 2.24) is 10.2 Å². The van der Waals surface area contributed by atoms with Gasteiger partial charge in [-0.1, -0.05) is 27.7 Å². The Morgan fingerprint density at radius 3 is 2.39 bits per heavy atom. The summed E-state index contributed by atoms with van der Waals surface area (Å²) in [6.45, 7) is 12.4. The minimum Gasteiger partial charge on any atom is -0.354 e. The number of hydrogen-bond acceptors (Lipinski definition) is 3. The predicted octanol–water partition coefficient (Wildman–Crippen LogP) is 1.21. The van der Waals surface area contributed by atoms with Crippen LogP contribution in [0.5, 0.6) is 0 Å². The molecule has 0 saturated carbocycles. The van der Waals surface area contributed by atoms with E-state index >= 15 is 0 Å². The van der Waals surface area contributed by atoms with Crippen LogP contribution in [0.3, 0.4) is 0 Å². The Morgan fingerprint density at radius 1 is 1.33 bits per heavy atom. The molecule has 1 fully saturated rings. The van der Waals surface area contributed by atoms with Crippen molar-refractivity contribution in [2.24, 2.45) is 17.1 Å². The van der Waals surface area contributed by atoms with E-state index in [4.69, 9.17) is 5.73 Å². The molecule has 1 heterocycles. The van der Waals surface area contributed by atoms with E-state index in [2.05, 4.69) is 17.1 Å². The Balaban J connectivity index is 2.24. The highest BCUT2D eigenvalue weighted by atomic mass is 16.2. The summed E-state index contributed by atoms with van der Waals surface area (Å²) >= 11 is 0. The molecule has 1 aliphatic heterocycles. The van der Waals surface area contributed by atoms with Gasteiger partial charge in [0.2, 0.25) is 5.91 Å². The van der Waals surface area contributed by atoms with Crippen molar-refractivity contribution in [3.05, 3.63) is 0 Å². The van der Waals surface area contributed by atoms with Crippen molar-refractivity contribution in [2.45, 2.75) is 46.6 Å². The van der Waals surface area contributed by atoms with E-state index in [0.717, 1.165) is 13.1 Å². The summed E-state index contributed by atoms with van der Waals surface area (Å²) in [5.41, 5.74) is 5.74. The number of likely N-dealkylation sites (tertiary alicyclic amines) is 1. The topological polar surface area (TPSA) is 58.4 Å². The maximum Gasteiger partial charge on any atom is 0.237 e. The summed E-state index contributed by atoms with van der Waals surface area (Å²) in [4.78, 5) is 14.4. The third kappa shape index (κ3) is 4.94. The van der Waals surface area contributed by atoms with E-state index in [1.54, 1.807) is 0 Å². The van der Waals surface area contributed by atoms with Gasteiger partial charge in [-0.2, -0.15) is 0 Å². The number of carbonyl (C=O) groups excluding carboxylic acids is 1. The third-order valence-electron chi connectivity index (χ3n) is 3.61. The lowest BCUT2D eigenvalue weighted by Gasteiger charge is -2.27. The molecule has 4 nitrogen and oxygen atoms in total. The SMILES string of the molecule is CC(CNC(=O)[C@@H](N)C(C)(C)C)CN1CCCC1. The van der Waals surface area contributed by atoms with Gasteiger partial charge in [0.1, 0.15) is 0 Å². The van der Waals surface area contributed by atoms with Crippen LogP contribution in [-0.2, 0) is 4.79 Å². The van der Waals surface area contributed by atoms with Gasteiger partial charge in [0.15, 0.2) is 0 Å². The van der Waals surface area contributed by atoms with Crippen molar-refractivity contribution in [3.63, 3.8) is 0 Å². The standard InChI is InChI=1S/C14H29N3O/c1-11(10-17-7-5-6-8-17)9-16-13(18)12(15)14(2,3)4/h11-12H,5-10,15H2,1-4H3,(H,16,18)/t11?,12-/m1/s1. The maximum atomic E-state index is 11.9. The third-order valence-corrected chi connectivity index (χ3v) is 3.61. The van der Waals surface area contributed by atoms with Crippen molar-refractivity contribution in [3.8, 4) is 0 Å². The fourth-order valence-corrected chi connectivity index (χ4v) is 2.25. The zero-order chi connectivity index (χ0) is 13.8. The quantitative estimate of drug-likeness (QED) is 0.776. The van der Waals surface area contributed by atoms with E-state index in [9.17, 15) is 4.79 Å². The highest BCUT2D eigenvalue weighted by Gasteiger charge is 2.27. The van der Waals surface area contributed by atoms with Crippen LogP contribution in [-0.4, -0.2) is 43.0 Å². The molecule has 4 heteroatoms. The molecule has 2 atom stereocenters. The van der Waals surface area contributed by atoms with Crippen molar-refractivity contribution < 1.29 is 4.79 Å². The average Bonchev–Trinajstić information content (AvgIpc) is 2.76. The van der Waals surface area contributed by atoms with Gasteiger partial charge >= 0.3 is 0 Å². The highest BCUT2D eigenvalue weighted by molar-refractivity contribution is 5.82. The Kier molecular flexibility index (Phi) is 5.60. The second-order valence-corrected chi connectivity index (χ2v) is 6.70. The highest BCUT2D eigenvalue weighted by Crippen LogP contribution is 2.17. The Hall–Kier alpha value is -0.610. The van der Waals surface area contributed by atoms with Gasteiger partial charge < -0.3 is 16.0 Å². The minimum atomic E-state index is -0.434. The largest absolute Gasteiger partial charge is 0.354 e. The molecule has 0 spiro atoms. The van der Waals surface area contributed by atoms with Crippen LogP contribution in [0.25, 0.3) is 0 Å². The normalized spacial score (nSPS) is 20.7. The zero-order valence-electron chi connectivity index (χ0n) is 12.3. The first kappa shape index (κ1) is 15.4. The van der Waals surface area contributed by atoms with Gasteiger partial charge in [-0.15, -0.1) is 0 Å². The summed E-state index contributed by atoms with van der Waals surface area (Å²) in [6.07, 6.45) is 2.63. The van der Waals surface area contributed by atoms with E-state index in [-0.39, 0.29) is 11.3 Å². The van der Waals surface area contributed by atoms with Crippen molar-refractivity contribution in [2.75, 3.05) is 26.2 Å². The van der Waals surface area contributed by atoms with Crippen LogP contribution in [0.2, 0.25) is 0 Å². The molecule has 0 aliphatic carbocycles. The Morgan fingerprint density at radius 2 is 1.89 bits per heavy atom. The summed E-state index contributed by atoms with van der Waals surface area (Å²) in [5.74, 6) is 0.454. The molecule has 0 bridgehead atoms. The van der Waals surface area contributed by atoms with E-state index < -0.39 is 6.04 Å². The predicted molar refractivity (Wildman–Crippen MR) is 75.3 cm³/mol. The average molecular weight is 255 g/mol. The van der Waals surface area contributed by atoms with Gasteiger partial charge in [0, 0.05) is 13.1 Å². The molecule has 106 valence electrons. The number of amides is 1. The lowest BCUT2D eigenvalue weighted by atomic mass is 9.87. The molecule has 1 aliphatic rings. The molecule has 0 aromatic heterocycles. The van der Waals surface area contributed by atoms with Gasteiger partial charge in [-0.25, -0.2) is 0 Å². The van der Waals surface area contributed by atoms with Crippen LogP contribution in [0.1, 0.15) is 40.5 Å². The summed E-state index contributed by atoms with van der Waals surface area (Å²) in [5, 5.41) is 2.97. The Bertz CT molecular complexity index is 267. The molecule has 0 aromatic carbocycles. The molecule has 18 heavy (non-hydrogen) atoms. The molecule has 1 saturated heterocycles. The van der Waals surface area contributed by atoms with Crippen LogP contribution >= 0.6 is 0 Å². The van der Waals surface area contributed by atoms with Crippen LogP contribution in [0.15, 0.2) is 0 Å². The second kappa shape index (κ2) is 6.53. The first-order chi connectivity index (χ1) is 8.30. The summed E-state index contributed by atoms with van der Waals surface area (Å²) < 4.78 is 0. The number of nitrogens with zero attached hydrogens (tertiary/aromatic N) is 1. The van der Waals surface area contributed by atoms with Crippen LogP contribution < -0.4 is 11.1 Å². The van der Waals surface area contributed by atoms with Crippen LogP contribution in [0, 0.1) is 11.3 Å². The van der Waals surface area contributed by atoms with Crippen molar-refractivity contribution in [1.29, 1.82) is 0 Å². The molecule has 3 N–H and O–H groups in total. The summed E-state index contributed by atoms with van der Waals surface area (Å²) in [7, 11) is 0. The molecular weight excluding hydrogens is 226 g/mol. The second-order valence-electron chi connectivity index (χ2n) is 6.70. The smallest absolute Gasteiger partial charge is 0.237 e. The zero-order valence-corrected chi connectivity index (χ0v) is 12.3.